The minimum absolute atomic E-state index is 0.0831. The second-order valence-electron chi connectivity index (χ2n) is 4.92. The summed E-state index contributed by atoms with van der Waals surface area (Å²) in [5.41, 5.74) is 4.34. The molecule has 0 fully saturated rings. The van der Waals surface area contributed by atoms with Gasteiger partial charge < -0.3 is 5.32 Å². The van der Waals surface area contributed by atoms with Crippen LogP contribution >= 0.6 is 0 Å². The van der Waals surface area contributed by atoms with Crippen LogP contribution in [-0.4, -0.2) is 0 Å². The van der Waals surface area contributed by atoms with E-state index < -0.39 is 0 Å². The molecular formula is C16H16FN. The largest absolute Gasteiger partial charge is 0.378 e. The monoisotopic (exact) mass is 241 g/mol. The van der Waals surface area contributed by atoms with Gasteiger partial charge in [0.05, 0.1) is 6.04 Å². The number of para-hydroxylation sites is 1. The number of rotatable bonds is 1. The van der Waals surface area contributed by atoms with E-state index in [1.54, 1.807) is 6.07 Å². The van der Waals surface area contributed by atoms with Crippen molar-refractivity contribution in [2.75, 3.05) is 5.32 Å². The molecule has 3 rings (SSSR count). The van der Waals surface area contributed by atoms with Crippen LogP contribution in [0, 0.1) is 12.7 Å². The standard InChI is InChI=1S/C16H16FN/c1-11-6-8-14(17)13(10-11)16-9-7-12-4-2-3-5-15(12)18-16/h2-6,8,10,16,18H,7,9H2,1H3. The molecule has 1 nitrogen and oxygen atoms in total. The number of nitrogens with one attached hydrogen (secondary N) is 1. The molecule has 0 aliphatic carbocycles. The van der Waals surface area contributed by atoms with E-state index >= 15 is 0 Å². The quantitative estimate of drug-likeness (QED) is 0.787. The Morgan fingerprint density at radius 1 is 1.17 bits per heavy atom. The zero-order chi connectivity index (χ0) is 12.5. The first-order valence-electron chi connectivity index (χ1n) is 6.34. The molecule has 1 unspecified atom stereocenters. The summed E-state index contributed by atoms with van der Waals surface area (Å²) in [5, 5.41) is 3.44. The zero-order valence-corrected chi connectivity index (χ0v) is 10.4. The van der Waals surface area contributed by atoms with Crippen LogP contribution in [-0.2, 0) is 6.42 Å². The lowest BCUT2D eigenvalue weighted by Gasteiger charge is -2.27. The van der Waals surface area contributed by atoms with Crippen molar-refractivity contribution < 1.29 is 4.39 Å². The highest BCUT2D eigenvalue weighted by Crippen LogP contribution is 2.33. The molecule has 18 heavy (non-hydrogen) atoms. The molecule has 0 bridgehead atoms. The van der Waals surface area contributed by atoms with Gasteiger partial charge in [0, 0.05) is 11.3 Å². The molecule has 0 saturated carbocycles. The second kappa shape index (κ2) is 4.45. The number of halogens is 1. The van der Waals surface area contributed by atoms with Gasteiger partial charge in [-0.2, -0.15) is 0 Å². The summed E-state index contributed by atoms with van der Waals surface area (Å²) in [4.78, 5) is 0. The molecule has 2 heteroatoms. The van der Waals surface area contributed by atoms with Crippen molar-refractivity contribution in [3.8, 4) is 0 Å². The van der Waals surface area contributed by atoms with Gasteiger partial charge in [-0.25, -0.2) is 4.39 Å². The summed E-state index contributed by atoms with van der Waals surface area (Å²) < 4.78 is 13.9. The Kier molecular flexibility index (Phi) is 2.78. The second-order valence-corrected chi connectivity index (χ2v) is 4.92. The van der Waals surface area contributed by atoms with Crippen LogP contribution in [0.1, 0.15) is 29.2 Å². The molecule has 0 radical (unpaired) electrons. The van der Waals surface area contributed by atoms with Crippen molar-refractivity contribution in [1.82, 2.24) is 0 Å². The molecule has 1 atom stereocenters. The van der Waals surface area contributed by atoms with E-state index in [0.29, 0.717) is 0 Å². The molecule has 0 spiro atoms. The van der Waals surface area contributed by atoms with E-state index in [0.717, 1.165) is 29.7 Å². The van der Waals surface area contributed by atoms with Crippen molar-refractivity contribution in [3.05, 3.63) is 65.0 Å². The molecule has 1 N–H and O–H groups in total. The first-order valence-corrected chi connectivity index (χ1v) is 6.34. The fourth-order valence-electron chi connectivity index (χ4n) is 2.60. The Labute approximate surface area is 107 Å². The van der Waals surface area contributed by atoms with Crippen molar-refractivity contribution in [2.24, 2.45) is 0 Å². The smallest absolute Gasteiger partial charge is 0.128 e. The number of hydrogen-bond donors (Lipinski definition) is 1. The average Bonchev–Trinajstić information content (AvgIpc) is 2.41. The fourth-order valence-corrected chi connectivity index (χ4v) is 2.60. The Morgan fingerprint density at radius 3 is 2.89 bits per heavy atom. The van der Waals surface area contributed by atoms with Gasteiger partial charge in [0.1, 0.15) is 5.82 Å². The molecule has 2 aromatic carbocycles. The van der Waals surface area contributed by atoms with Gasteiger partial charge >= 0.3 is 0 Å². The maximum atomic E-state index is 13.9. The van der Waals surface area contributed by atoms with E-state index in [2.05, 4.69) is 17.4 Å². The average molecular weight is 241 g/mol. The van der Waals surface area contributed by atoms with Gasteiger partial charge in [-0.15, -0.1) is 0 Å². The Morgan fingerprint density at radius 2 is 2.00 bits per heavy atom. The van der Waals surface area contributed by atoms with Crippen molar-refractivity contribution in [3.63, 3.8) is 0 Å². The van der Waals surface area contributed by atoms with E-state index in [9.17, 15) is 4.39 Å². The number of hydrogen-bond acceptors (Lipinski definition) is 1. The summed E-state index contributed by atoms with van der Waals surface area (Å²) in [6.07, 6.45) is 1.94. The number of aryl methyl sites for hydroxylation is 2. The molecule has 0 amide bonds. The predicted octanol–water partition coefficient (Wildman–Crippen LogP) is 4.23. The summed E-state index contributed by atoms with van der Waals surface area (Å²) in [5.74, 6) is -0.113. The van der Waals surface area contributed by atoms with Crippen LogP contribution in [0.5, 0.6) is 0 Å². The van der Waals surface area contributed by atoms with Gasteiger partial charge in [0.15, 0.2) is 0 Å². The van der Waals surface area contributed by atoms with Crippen molar-refractivity contribution >= 4 is 5.69 Å². The molecule has 0 saturated heterocycles. The Balaban J connectivity index is 1.94. The normalized spacial score (nSPS) is 18.0. The minimum atomic E-state index is -0.113. The third-order valence-electron chi connectivity index (χ3n) is 3.58. The fraction of sp³-hybridized carbons (Fsp3) is 0.250. The summed E-state index contributed by atoms with van der Waals surface area (Å²) >= 11 is 0. The lowest BCUT2D eigenvalue weighted by atomic mass is 9.92. The van der Waals surface area contributed by atoms with Crippen molar-refractivity contribution in [1.29, 1.82) is 0 Å². The van der Waals surface area contributed by atoms with Crippen LogP contribution in [0.4, 0.5) is 10.1 Å². The first kappa shape index (κ1) is 11.3. The highest BCUT2D eigenvalue weighted by atomic mass is 19.1. The first-order chi connectivity index (χ1) is 8.74. The van der Waals surface area contributed by atoms with Gasteiger partial charge in [-0.05, 0) is 37.5 Å². The third-order valence-corrected chi connectivity index (χ3v) is 3.58. The van der Waals surface area contributed by atoms with E-state index in [1.807, 2.05) is 31.2 Å². The summed E-state index contributed by atoms with van der Waals surface area (Å²) in [7, 11) is 0. The molecule has 1 aliphatic rings. The lowest BCUT2D eigenvalue weighted by Crippen LogP contribution is -2.19. The molecule has 92 valence electrons. The van der Waals surface area contributed by atoms with Gasteiger partial charge in [0.25, 0.3) is 0 Å². The Bertz CT molecular complexity index is 577. The molecular weight excluding hydrogens is 225 g/mol. The van der Waals surface area contributed by atoms with E-state index in [1.165, 1.54) is 5.56 Å². The van der Waals surface area contributed by atoms with Crippen LogP contribution in [0.3, 0.4) is 0 Å². The van der Waals surface area contributed by atoms with Gasteiger partial charge in [0.2, 0.25) is 0 Å². The summed E-state index contributed by atoms with van der Waals surface area (Å²) in [6.45, 7) is 2.00. The maximum Gasteiger partial charge on any atom is 0.128 e. The third kappa shape index (κ3) is 1.99. The maximum absolute atomic E-state index is 13.9. The Hall–Kier alpha value is -1.83. The van der Waals surface area contributed by atoms with Crippen LogP contribution in [0.2, 0.25) is 0 Å². The van der Waals surface area contributed by atoms with E-state index in [-0.39, 0.29) is 11.9 Å². The number of fused-ring (bicyclic) bond motifs is 1. The zero-order valence-electron chi connectivity index (χ0n) is 10.4. The van der Waals surface area contributed by atoms with Crippen LogP contribution in [0.15, 0.2) is 42.5 Å². The topological polar surface area (TPSA) is 12.0 Å². The van der Waals surface area contributed by atoms with Crippen LogP contribution in [0.25, 0.3) is 0 Å². The number of anilines is 1. The molecule has 0 aromatic heterocycles. The van der Waals surface area contributed by atoms with Gasteiger partial charge in [-0.1, -0.05) is 35.9 Å². The van der Waals surface area contributed by atoms with Crippen LogP contribution < -0.4 is 5.32 Å². The number of benzene rings is 2. The molecule has 2 aromatic rings. The highest BCUT2D eigenvalue weighted by molar-refractivity contribution is 5.55. The lowest BCUT2D eigenvalue weighted by molar-refractivity contribution is 0.572. The SMILES string of the molecule is Cc1ccc(F)c(C2CCc3ccccc3N2)c1. The predicted molar refractivity (Wildman–Crippen MR) is 72.3 cm³/mol. The molecule has 1 heterocycles. The van der Waals surface area contributed by atoms with E-state index in [4.69, 9.17) is 0 Å². The highest BCUT2D eigenvalue weighted by Gasteiger charge is 2.21. The summed E-state index contributed by atoms with van der Waals surface area (Å²) in [6, 6.07) is 13.7. The molecule has 1 aliphatic heterocycles. The van der Waals surface area contributed by atoms with Gasteiger partial charge in [-0.3, -0.25) is 0 Å². The minimum Gasteiger partial charge on any atom is -0.378 e. The van der Waals surface area contributed by atoms with Crippen molar-refractivity contribution in [2.45, 2.75) is 25.8 Å².